The number of carbonyl (C=O) groups excluding carboxylic acids is 4. The summed E-state index contributed by atoms with van der Waals surface area (Å²) in [6.07, 6.45) is 0.637. The van der Waals surface area contributed by atoms with E-state index in [-0.39, 0.29) is 41.7 Å². The SMILES string of the molecule is CC(C)(C)c1ccc(C(=O)N[C@@H](Cc2ccc(O)cc2)C(=O)N2CC[C@@H]3C2C(=O)CN3C(=O)c2cccc3ccccc23)cc1. The highest BCUT2D eigenvalue weighted by Crippen LogP contribution is 2.33. The highest BCUT2D eigenvalue weighted by molar-refractivity contribution is 6.10. The molecule has 0 bridgehead atoms. The van der Waals surface area contributed by atoms with Crippen LogP contribution in [0.3, 0.4) is 0 Å². The van der Waals surface area contributed by atoms with Gasteiger partial charge in [0, 0.05) is 24.1 Å². The van der Waals surface area contributed by atoms with Crippen molar-refractivity contribution in [1.29, 1.82) is 0 Å². The van der Waals surface area contributed by atoms with Crippen molar-refractivity contribution in [2.75, 3.05) is 13.1 Å². The smallest absolute Gasteiger partial charge is 0.255 e. The lowest BCUT2D eigenvalue weighted by atomic mass is 9.86. The Morgan fingerprint density at radius 2 is 1.58 bits per heavy atom. The minimum atomic E-state index is -0.960. The molecule has 2 N–H and O–H groups in total. The van der Waals surface area contributed by atoms with Crippen LogP contribution in [0.5, 0.6) is 5.75 Å². The average molecular weight is 604 g/mol. The van der Waals surface area contributed by atoms with E-state index < -0.39 is 24.0 Å². The van der Waals surface area contributed by atoms with E-state index in [4.69, 9.17) is 0 Å². The van der Waals surface area contributed by atoms with E-state index >= 15 is 0 Å². The molecule has 6 rings (SSSR count). The Morgan fingerprint density at radius 1 is 0.889 bits per heavy atom. The second kappa shape index (κ2) is 11.8. The van der Waals surface area contributed by atoms with Crippen molar-refractivity contribution in [1.82, 2.24) is 15.1 Å². The summed E-state index contributed by atoms with van der Waals surface area (Å²) in [5.74, 6) is -1.09. The number of likely N-dealkylation sites (tertiary alicyclic amines) is 2. The predicted molar refractivity (Wildman–Crippen MR) is 172 cm³/mol. The van der Waals surface area contributed by atoms with E-state index in [1.54, 1.807) is 35.2 Å². The zero-order chi connectivity index (χ0) is 31.9. The average Bonchev–Trinajstić information content (AvgIpc) is 3.61. The van der Waals surface area contributed by atoms with Crippen LogP contribution in [0.25, 0.3) is 10.8 Å². The Kier molecular flexibility index (Phi) is 7.91. The fraction of sp³-hybridized carbons (Fsp3) is 0.297. The number of benzene rings is 4. The van der Waals surface area contributed by atoms with E-state index in [0.29, 0.717) is 24.1 Å². The summed E-state index contributed by atoms with van der Waals surface area (Å²) < 4.78 is 0. The van der Waals surface area contributed by atoms with Crippen LogP contribution in [0.2, 0.25) is 0 Å². The number of hydrogen-bond acceptors (Lipinski definition) is 5. The van der Waals surface area contributed by atoms with Crippen molar-refractivity contribution in [2.45, 2.75) is 57.2 Å². The summed E-state index contributed by atoms with van der Waals surface area (Å²) in [6, 6.07) is 24.8. The molecule has 2 heterocycles. The lowest BCUT2D eigenvalue weighted by molar-refractivity contribution is -0.138. The van der Waals surface area contributed by atoms with Crippen molar-refractivity contribution < 1.29 is 24.3 Å². The van der Waals surface area contributed by atoms with Crippen molar-refractivity contribution in [2.24, 2.45) is 0 Å². The number of Topliss-reactive ketones (excluding diaryl/α,β-unsaturated/α-hetero) is 1. The van der Waals surface area contributed by atoms with Gasteiger partial charge < -0.3 is 20.2 Å². The van der Waals surface area contributed by atoms with Gasteiger partial charge in [0.15, 0.2) is 5.78 Å². The van der Waals surface area contributed by atoms with Gasteiger partial charge in [0.2, 0.25) is 5.91 Å². The molecule has 0 saturated carbocycles. The van der Waals surface area contributed by atoms with Crippen LogP contribution in [-0.4, -0.2) is 69.6 Å². The number of rotatable bonds is 6. The Hall–Kier alpha value is -4.98. The first-order valence-electron chi connectivity index (χ1n) is 15.3. The van der Waals surface area contributed by atoms with Gasteiger partial charge in [0.1, 0.15) is 17.8 Å². The molecule has 4 aromatic carbocycles. The first-order valence-corrected chi connectivity index (χ1v) is 15.3. The number of ketones is 1. The molecule has 230 valence electrons. The van der Waals surface area contributed by atoms with Crippen molar-refractivity contribution >= 4 is 34.3 Å². The summed E-state index contributed by atoms with van der Waals surface area (Å²) in [4.78, 5) is 58.0. The van der Waals surface area contributed by atoms with Crippen LogP contribution in [0.4, 0.5) is 0 Å². The van der Waals surface area contributed by atoms with Gasteiger partial charge >= 0.3 is 0 Å². The number of nitrogens with zero attached hydrogens (tertiary/aromatic N) is 2. The standard InChI is InChI=1S/C37H37N3O5/c1-37(2,3)26-15-13-25(14-16-26)34(43)38-30(21-23-11-17-27(41)18-12-23)36(45)39-20-19-31-33(39)32(42)22-40(31)35(44)29-10-6-8-24-7-4-5-9-28(24)29/h4-18,30-31,33,41H,19-22H2,1-3H3,(H,38,43)/t30-,31+,33?/m0/s1. The van der Waals surface area contributed by atoms with Gasteiger partial charge in [-0.3, -0.25) is 19.2 Å². The summed E-state index contributed by atoms with van der Waals surface area (Å²) in [5.41, 5.74) is 2.71. The Bertz CT molecular complexity index is 1770. The van der Waals surface area contributed by atoms with Gasteiger partial charge in [-0.05, 0) is 64.1 Å². The number of carbonyl (C=O) groups is 4. The topological polar surface area (TPSA) is 107 Å². The van der Waals surface area contributed by atoms with Crippen LogP contribution in [0.15, 0.2) is 91.0 Å². The third kappa shape index (κ3) is 5.92. The van der Waals surface area contributed by atoms with Gasteiger partial charge in [0.05, 0.1) is 12.6 Å². The predicted octanol–water partition coefficient (Wildman–Crippen LogP) is 4.88. The second-order valence-electron chi connectivity index (χ2n) is 13.0. The minimum absolute atomic E-state index is 0.0731. The molecule has 8 nitrogen and oxygen atoms in total. The quantitative estimate of drug-likeness (QED) is 0.327. The molecule has 2 saturated heterocycles. The molecule has 4 aromatic rings. The summed E-state index contributed by atoms with van der Waals surface area (Å²) in [6.45, 7) is 6.51. The maximum absolute atomic E-state index is 14.2. The van der Waals surface area contributed by atoms with Crippen LogP contribution < -0.4 is 5.32 Å². The molecule has 1 unspecified atom stereocenters. The fourth-order valence-corrected chi connectivity index (χ4v) is 6.54. The first kappa shape index (κ1) is 30.1. The molecule has 2 fully saturated rings. The van der Waals surface area contributed by atoms with Crippen molar-refractivity contribution in [3.8, 4) is 5.75 Å². The lowest BCUT2D eigenvalue weighted by Gasteiger charge is -2.28. The normalized spacial score (nSPS) is 18.6. The Balaban J connectivity index is 1.24. The number of hydrogen-bond donors (Lipinski definition) is 2. The first-order chi connectivity index (χ1) is 21.5. The molecule has 0 aliphatic carbocycles. The number of amides is 3. The van der Waals surface area contributed by atoms with Crippen LogP contribution in [-0.2, 0) is 21.4 Å². The second-order valence-corrected chi connectivity index (χ2v) is 13.0. The largest absolute Gasteiger partial charge is 0.508 e. The van der Waals surface area contributed by atoms with E-state index in [9.17, 15) is 24.3 Å². The van der Waals surface area contributed by atoms with Crippen molar-refractivity contribution in [3.05, 3.63) is 113 Å². The summed E-state index contributed by atoms with van der Waals surface area (Å²) in [5, 5.41) is 14.5. The molecule has 3 amide bonds. The molecule has 2 aliphatic rings. The van der Waals surface area contributed by atoms with Crippen LogP contribution >= 0.6 is 0 Å². The van der Waals surface area contributed by atoms with E-state index in [1.807, 2.05) is 48.5 Å². The zero-order valence-corrected chi connectivity index (χ0v) is 25.7. The minimum Gasteiger partial charge on any atom is -0.508 e. The summed E-state index contributed by atoms with van der Waals surface area (Å²) >= 11 is 0. The molecule has 0 spiro atoms. The fourth-order valence-electron chi connectivity index (χ4n) is 6.54. The Morgan fingerprint density at radius 3 is 2.29 bits per heavy atom. The van der Waals surface area contributed by atoms with Gasteiger partial charge in [-0.15, -0.1) is 0 Å². The third-order valence-electron chi connectivity index (χ3n) is 8.98. The molecule has 45 heavy (non-hydrogen) atoms. The maximum atomic E-state index is 14.2. The summed E-state index contributed by atoms with van der Waals surface area (Å²) in [7, 11) is 0. The molecule has 0 radical (unpaired) electrons. The van der Waals surface area contributed by atoms with Gasteiger partial charge in [-0.2, -0.15) is 0 Å². The van der Waals surface area contributed by atoms with Gasteiger partial charge in [-0.25, -0.2) is 0 Å². The molecule has 0 aromatic heterocycles. The number of aromatic hydroxyl groups is 1. The van der Waals surface area contributed by atoms with Gasteiger partial charge in [-0.1, -0.05) is 81.4 Å². The molecular weight excluding hydrogens is 566 g/mol. The van der Waals surface area contributed by atoms with Crippen LogP contribution in [0, 0.1) is 0 Å². The van der Waals surface area contributed by atoms with E-state index in [0.717, 1.165) is 21.9 Å². The van der Waals surface area contributed by atoms with Crippen molar-refractivity contribution in [3.63, 3.8) is 0 Å². The molecular formula is C37H37N3O5. The lowest BCUT2D eigenvalue weighted by Crippen LogP contribution is -2.53. The van der Waals surface area contributed by atoms with E-state index in [1.165, 1.54) is 17.0 Å². The highest BCUT2D eigenvalue weighted by atomic mass is 16.3. The maximum Gasteiger partial charge on any atom is 0.255 e. The molecule has 2 aliphatic heterocycles. The Labute approximate surface area is 262 Å². The number of nitrogens with one attached hydrogen (secondary N) is 1. The van der Waals surface area contributed by atoms with Crippen LogP contribution in [0.1, 0.15) is 59.0 Å². The molecule has 3 atom stereocenters. The number of phenolic OH excluding ortho intramolecular Hbond substituents is 1. The number of fused-ring (bicyclic) bond motifs is 2. The number of phenols is 1. The monoisotopic (exact) mass is 603 g/mol. The zero-order valence-electron chi connectivity index (χ0n) is 25.7. The van der Waals surface area contributed by atoms with Gasteiger partial charge in [0.25, 0.3) is 11.8 Å². The third-order valence-corrected chi connectivity index (χ3v) is 8.98. The van der Waals surface area contributed by atoms with E-state index in [2.05, 4.69) is 26.1 Å². The molecule has 8 heteroatoms. The highest BCUT2D eigenvalue weighted by Gasteiger charge is 2.52.